The first-order valence-corrected chi connectivity index (χ1v) is 9.66. The Kier molecular flexibility index (Phi) is 4.66. The highest BCUT2D eigenvalue weighted by molar-refractivity contribution is 5.80. The van der Waals surface area contributed by atoms with Gasteiger partial charge in [-0.05, 0) is 43.7 Å². The van der Waals surface area contributed by atoms with E-state index in [0.29, 0.717) is 22.7 Å². The summed E-state index contributed by atoms with van der Waals surface area (Å²) >= 11 is 0. The number of aromatic nitrogens is 2. The van der Waals surface area contributed by atoms with Crippen molar-refractivity contribution in [2.45, 2.75) is 57.5 Å². The molecule has 1 saturated carbocycles. The standard InChI is InChI=1S/C20H25N3O3/c24-18(22-12-5-7-14-6-1-4-10-17(14)22)11-13-23-20(26)16-9-3-2-8-15(16)19(25)21-23/h2-3,8-9,14,17H,1,4-7,10-13H2,(H,21,25). The Hall–Kier alpha value is -2.37. The molecule has 1 aliphatic heterocycles. The van der Waals surface area contributed by atoms with E-state index < -0.39 is 0 Å². The van der Waals surface area contributed by atoms with Gasteiger partial charge in [0, 0.05) is 19.0 Å². The number of rotatable bonds is 3. The number of aryl methyl sites for hydroxylation is 1. The van der Waals surface area contributed by atoms with Crippen LogP contribution in [0.1, 0.15) is 44.9 Å². The first kappa shape index (κ1) is 17.1. The fourth-order valence-electron chi connectivity index (χ4n) is 4.69. The second-order valence-corrected chi connectivity index (χ2v) is 7.53. The van der Waals surface area contributed by atoms with Gasteiger partial charge in [-0.3, -0.25) is 19.5 Å². The van der Waals surface area contributed by atoms with Gasteiger partial charge in [-0.15, -0.1) is 0 Å². The average Bonchev–Trinajstić information content (AvgIpc) is 2.69. The number of aromatic amines is 1. The Morgan fingerprint density at radius 3 is 2.62 bits per heavy atom. The van der Waals surface area contributed by atoms with Gasteiger partial charge in [0.25, 0.3) is 11.1 Å². The van der Waals surface area contributed by atoms with Crippen LogP contribution in [0.25, 0.3) is 10.8 Å². The zero-order valence-electron chi connectivity index (χ0n) is 14.9. The zero-order chi connectivity index (χ0) is 18.1. The summed E-state index contributed by atoms with van der Waals surface area (Å²) in [6.45, 7) is 1.04. The molecule has 2 heterocycles. The molecule has 0 spiro atoms. The third-order valence-electron chi connectivity index (χ3n) is 6.00. The molecule has 2 atom stereocenters. The van der Waals surface area contributed by atoms with Gasteiger partial charge >= 0.3 is 0 Å². The van der Waals surface area contributed by atoms with Crippen LogP contribution >= 0.6 is 0 Å². The molecular weight excluding hydrogens is 330 g/mol. The number of amides is 1. The van der Waals surface area contributed by atoms with Crippen LogP contribution in [0.3, 0.4) is 0 Å². The van der Waals surface area contributed by atoms with Crippen molar-refractivity contribution >= 4 is 16.7 Å². The van der Waals surface area contributed by atoms with E-state index in [-0.39, 0.29) is 30.0 Å². The first-order chi connectivity index (χ1) is 12.6. The normalized spacial score (nSPS) is 23.0. The number of piperidine rings is 1. The molecule has 0 radical (unpaired) electrons. The van der Waals surface area contributed by atoms with E-state index in [9.17, 15) is 14.4 Å². The molecule has 6 nitrogen and oxygen atoms in total. The first-order valence-electron chi connectivity index (χ1n) is 9.66. The van der Waals surface area contributed by atoms with Crippen molar-refractivity contribution in [2.24, 2.45) is 5.92 Å². The molecule has 6 heteroatoms. The van der Waals surface area contributed by atoms with Crippen LogP contribution in [0.2, 0.25) is 0 Å². The number of carbonyl (C=O) groups excluding carboxylic acids is 1. The van der Waals surface area contributed by atoms with Crippen LogP contribution in [0.15, 0.2) is 33.9 Å². The van der Waals surface area contributed by atoms with Gasteiger partial charge < -0.3 is 4.90 Å². The lowest BCUT2D eigenvalue weighted by Crippen LogP contribution is -2.50. The average molecular weight is 355 g/mol. The topological polar surface area (TPSA) is 75.2 Å². The lowest BCUT2D eigenvalue weighted by molar-refractivity contribution is -0.137. The molecule has 1 aromatic carbocycles. The van der Waals surface area contributed by atoms with E-state index in [4.69, 9.17) is 0 Å². The van der Waals surface area contributed by atoms with Crippen LogP contribution in [0.4, 0.5) is 0 Å². The Morgan fingerprint density at radius 2 is 1.77 bits per heavy atom. The van der Waals surface area contributed by atoms with Crippen molar-refractivity contribution in [3.8, 4) is 0 Å². The molecule has 0 bridgehead atoms. The molecule has 2 aliphatic rings. The molecule has 1 aromatic heterocycles. The monoisotopic (exact) mass is 355 g/mol. The second-order valence-electron chi connectivity index (χ2n) is 7.53. The van der Waals surface area contributed by atoms with E-state index >= 15 is 0 Å². The van der Waals surface area contributed by atoms with Crippen LogP contribution in [-0.2, 0) is 11.3 Å². The number of H-pyrrole nitrogens is 1. The molecule has 4 rings (SSSR count). The van der Waals surface area contributed by atoms with Crippen LogP contribution in [0.5, 0.6) is 0 Å². The van der Waals surface area contributed by atoms with Gasteiger partial charge in [-0.1, -0.05) is 25.0 Å². The van der Waals surface area contributed by atoms with Crippen molar-refractivity contribution in [1.82, 2.24) is 14.7 Å². The Morgan fingerprint density at radius 1 is 1.04 bits per heavy atom. The van der Waals surface area contributed by atoms with Crippen molar-refractivity contribution in [3.05, 3.63) is 45.0 Å². The molecule has 1 aliphatic carbocycles. The summed E-state index contributed by atoms with van der Waals surface area (Å²) < 4.78 is 1.28. The summed E-state index contributed by atoms with van der Waals surface area (Å²) in [6.07, 6.45) is 7.34. The Bertz CT molecular complexity index is 928. The van der Waals surface area contributed by atoms with E-state index in [1.165, 1.54) is 30.4 Å². The van der Waals surface area contributed by atoms with Gasteiger partial charge in [0.15, 0.2) is 0 Å². The smallest absolute Gasteiger partial charge is 0.273 e. The van der Waals surface area contributed by atoms with Crippen molar-refractivity contribution in [2.75, 3.05) is 6.54 Å². The Labute approximate surface area is 151 Å². The number of carbonyl (C=O) groups is 1. The van der Waals surface area contributed by atoms with E-state index in [2.05, 4.69) is 5.10 Å². The summed E-state index contributed by atoms with van der Waals surface area (Å²) in [5.41, 5.74) is -0.542. The van der Waals surface area contributed by atoms with Gasteiger partial charge in [0.05, 0.1) is 17.3 Å². The lowest BCUT2D eigenvalue weighted by Gasteiger charge is -2.44. The van der Waals surface area contributed by atoms with Gasteiger partial charge in [0.2, 0.25) is 5.91 Å². The highest BCUT2D eigenvalue weighted by Crippen LogP contribution is 2.35. The number of likely N-dealkylation sites (tertiary alicyclic amines) is 1. The molecule has 2 fully saturated rings. The van der Waals surface area contributed by atoms with Crippen molar-refractivity contribution < 1.29 is 4.79 Å². The summed E-state index contributed by atoms with van der Waals surface area (Å²) in [5.74, 6) is 0.743. The third-order valence-corrected chi connectivity index (χ3v) is 6.00. The predicted molar refractivity (Wildman–Crippen MR) is 100 cm³/mol. The van der Waals surface area contributed by atoms with Gasteiger partial charge in [-0.25, -0.2) is 4.68 Å². The van der Waals surface area contributed by atoms with Crippen LogP contribution < -0.4 is 11.1 Å². The van der Waals surface area contributed by atoms with E-state index in [1.807, 2.05) is 4.90 Å². The second kappa shape index (κ2) is 7.09. The van der Waals surface area contributed by atoms with Gasteiger partial charge in [0.1, 0.15) is 0 Å². The minimum Gasteiger partial charge on any atom is -0.339 e. The van der Waals surface area contributed by atoms with E-state index in [1.54, 1.807) is 24.3 Å². The molecule has 1 amide bonds. The largest absolute Gasteiger partial charge is 0.339 e. The zero-order valence-corrected chi connectivity index (χ0v) is 14.9. The highest BCUT2D eigenvalue weighted by Gasteiger charge is 2.35. The maximum absolute atomic E-state index is 12.8. The summed E-state index contributed by atoms with van der Waals surface area (Å²) in [6, 6.07) is 7.15. The van der Waals surface area contributed by atoms with Crippen LogP contribution in [-0.4, -0.2) is 33.2 Å². The number of nitrogens with one attached hydrogen (secondary N) is 1. The predicted octanol–water partition coefficient (Wildman–Crippen LogP) is 2.26. The number of benzene rings is 1. The quantitative estimate of drug-likeness (QED) is 0.918. The molecule has 2 aromatic rings. The third kappa shape index (κ3) is 3.08. The molecule has 1 saturated heterocycles. The fourth-order valence-corrected chi connectivity index (χ4v) is 4.69. The summed E-state index contributed by atoms with van der Waals surface area (Å²) in [5, 5.41) is 3.40. The minimum absolute atomic E-state index is 0.0995. The molecular formula is C20H25N3O3. The van der Waals surface area contributed by atoms with Crippen LogP contribution in [0, 0.1) is 5.92 Å². The van der Waals surface area contributed by atoms with E-state index in [0.717, 1.165) is 19.4 Å². The Balaban J connectivity index is 1.51. The number of hydrogen-bond acceptors (Lipinski definition) is 3. The molecule has 2 unspecified atom stereocenters. The lowest BCUT2D eigenvalue weighted by atomic mass is 9.78. The molecule has 138 valence electrons. The summed E-state index contributed by atoms with van der Waals surface area (Å²) in [7, 11) is 0. The maximum atomic E-state index is 12.8. The number of hydrogen-bond donors (Lipinski definition) is 1. The summed E-state index contributed by atoms with van der Waals surface area (Å²) in [4.78, 5) is 39.6. The van der Waals surface area contributed by atoms with Crippen molar-refractivity contribution in [3.63, 3.8) is 0 Å². The van der Waals surface area contributed by atoms with Crippen molar-refractivity contribution in [1.29, 1.82) is 0 Å². The molecule has 26 heavy (non-hydrogen) atoms. The van der Waals surface area contributed by atoms with Gasteiger partial charge in [-0.2, -0.15) is 0 Å². The number of fused-ring (bicyclic) bond motifs is 2. The SMILES string of the molecule is O=C(CCn1[nH]c(=O)c2ccccc2c1=O)N1CCCC2CCCCC21. The molecule has 1 N–H and O–H groups in total. The fraction of sp³-hybridized carbons (Fsp3) is 0.550. The number of nitrogens with zero attached hydrogens (tertiary/aromatic N) is 2. The minimum atomic E-state index is -0.294. The highest BCUT2D eigenvalue weighted by atomic mass is 16.2. The maximum Gasteiger partial charge on any atom is 0.273 e.